The second-order valence-electron chi connectivity index (χ2n) is 3.98. The van der Waals surface area contributed by atoms with E-state index in [9.17, 15) is 0 Å². The average Bonchev–Trinajstić information content (AvgIpc) is 2.39. The van der Waals surface area contributed by atoms with Crippen LogP contribution in [0.2, 0.25) is 0 Å². The van der Waals surface area contributed by atoms with E-state index in [1.807, 2.05) is 24.4 Å². The van der Waals surface area contributed by atoms with Crippen molar-refractivity contribution in [3.05, 3.63) is 63.5 Å². The summed E-state index contributed by atoms with van der Waals surface area (Å²) in [6.45, 7) is 3.00. The van der Waals surface area contributed by atoms with Crippen LogP contribution in [0.15, 0.2) is 48.7 Å². The van der Waals surface area contributed by atoms with Crippen molar-refractivity contribution in [2.75, 3.05) is 0 Å². The monoisotopic (exact) mass is 338 g/mol. The van der Waals surface area contributed by atoms with Crippen LogP contribution in [-0.2, 0) is 6.54 Å². The van der Waals surface area contributed by atoms with Crippen molar-refractivity contribution in [2.45, 2.75) is 19.5 Å². The van der Waals surface area contributed by atoms with Gasteiger partial charge >= 0.3 is 0 Å². The highest BCUT2D eigenvalue weighted by molar-refractivity contribution is 14.1. The maximum absolute atomic E-state index is 4.34. The number of benzene rings is 1. The van der Waals surface area contributed by atoms with E-state index in [0.29, 0.717) is 0 Å². The van der Waals surface area contributed by atoms with Crippen LogP contribution >= 0.6 is 22.6 Å². The molecular weight excluding hydrogens is 323 g/mol. The molecule has 1 atom stereocenters. The molecule has 2 nitrogen and oxygen atoms in total. The molecule has 3 heteroatoms. The van der Waals surface area contributed by atoms with E-state index in [1.54, 1.807) is 0 Å². The summed E-state index contributed by atoms with van der Waals surface area (Å²) in [7, 11) is 0. The smallest absolute Gasteiger partial charge is 0.0570 e. The zero-order chi connectivity index (χ0) is 12.1. The minimum atomic E-state index is 0.274. The lowest BCUT2D eigenvalue weighted by molar-refractivity contribution is 0.561. The molecule has 88 valence electrons. The Morgan fingerprint density at radius 1 is 1.18 bits per heavy atom. The van der Waals surface area contributed by atoms with Gasteiger partial charge in [0.15, 0.2) is 0 Å². The lowest BCUT2D eigenvalue weighted by atomic mass is 10.2. The van der Waals surface area contributed by atoms with Crippen LogP contribution < -0.4 is 5.32 Å². The van der Waals surface area contributed by atoms with E-state index in [-0.39, 0.29) is 6.04 Å². The van der Waals surface area contributed by atoms with Crippen LogP contribution in [0.5, 0.6) is 0 Å². The van der Waals surface area contributed by atoms with E-state index >= 15 is 0 Å². The van der Waals surface area contributed by atoms with Crippen LogP contribution in [0.4, 0.5) is 0 Å². The van der Waals surface area contributed by atoms with Crippen molar-refractivity contribution in [1.29, 1.82) is 0 Å². The fourth-order valence-electron chi connectivity index (χ4n) is 1.61. The SMILES string of the molecule is CC(NCc1ccc(I)cc1)c1ccccn1. The van der Waals surface area contributed by atoms with Gasteiger partial charge in [-0.1, -0.05) is 18.2 Å². The predicted molar refractivity (Wildman–Crippen MR) is 78.7 cm³/mol. The Bertz CT molecular complexity index is 453. The molecule has 0 saturated heterocycles. The first-order valence-corrected chi connectivity index (χ1v) is 6.72. The molecule has 1 N–H and O–H groups in total. The van der Waals surface area contributed by atoms with Crippen molar-refractivity contribution in [1.82, 2.24) is 10.3 Å². The van der Waals surface area contributed by atoms with Crippen molar-refractivity contribution in [2.24, 2.45) is 0 Å². The zero-order valence-corrected chi connectivity index (χ0v) is 11.9. The largest absolute Gasteiger partial charge is 0.305 e. The minimum absolute atomic E-state index is 0.274. The highest BCUT2D eigenvalue weighted by Gasteiger charge is 2.04. The molecule has 1 aromatic heterocycles. The maximum Gasteiger partial charge on any atom is 0.0570 e. The van der Waals surface area contributed by atoms with Crippen molar-refractivity contribution in [3.63, 3.8) is 0 Å². The predicted octanol–water partition coefficient (Wildman–Crippen LogP) is 3.54. The highest BCUT2D eigenvalue weighted by Crippen LogP contribution is 2.11. The third-order valence-electron chi connectivity index (χ3n) is 2.66. The van der Waals surface area contributed by atoms with Crippen LogP contribution in [0.25, 0.3) is 0 Å². The van der Waals surface area contributed by atoms with Crippen molar-refractivity contribution < 1.29 is 0 Å². The van der Waals surface area contributed by atoms with Gasteiger partial charge in [0.05, 0.1) is 5.69 Å². The summed E-state index contributed by atoms with van der Waals surface area (Å²) in [4.78, 5) is 4.34. The van der Waals surface area contributed by atoms with E-state index in [2.05, 4.69) is 64.1 Å². The minimum Gasteiger partial charge on any atom is -0.305 e. The second kappa shape index (κ2) is 6.12. The third-order valence-corrected chi connectivity index (χ3v) is 3.38. The quantitative estimate of drug-likeness (QED) is 0.863. The molecule has 0 bridgehead atoms. The Balaban J connectivity index is 1.92. The lowest BCUT2D eigenvalue weighted by Gasteiger charge is -2.13. The first-order valence-electron chi connectivity index (χ1n) is 5.64. The summed E-state index contributed by atoms with van der Waals surface area (Å²) in [6.07, 6.45) is 1.83. The number of pyridine rings is 1. The molecule has 1 aromatic carbocycles. The summed E-state index contributed by atoms with van der Waals surface area (Å²) < 4.78 is 1.27. The summed E-state index contributed by atoms with van der Waals surface area (Å²) in [5, 5.41) is 3.47. The molecule has 0 aliphatic rings. The highest BCUT2D eigenvalue weighted by atomic mass is 127. The molecule has 0 aliphatic heterocycles. The Kier molecular flexibility index (Phi) is 4.50. The Morgan fingerprint density at radius 3 is 2.59 bits per heavy atom. The summed E-state index contributed by atoms with van der Waals surface area (Å²) in [6, 6.07) is 14.8. The lowest BCUT2D eigenvalue weighted by Crippen LogP contribution is -2.18. The number of halogens is 1. The first kappa shape index (κ1) is 12.5. The van der Waals surface area contributed by atoms with Gasteiger partial charge in [0, 0.05) is 22.4 Å². The normalized spacial score (nSPS) is 12.4. The van der Waals surface area contributed by atoms with Gasteiger partial charge in [0.2, 0.25) is 0 Å². The summed E-state index contributed by atoms with van der Waals surface area (Å²) in [5.74, 6) is 0. The van der Waals surface area contributed by atoms with E-state index in [4.69, 9.17) is 0 Å². The van der Waals surface area contributed by atoms with Gasteiger partial charge < -0.3 is 5.32 Å². The van der Waals surface area contributed by atoms with Gasteiger partial charge in [-0.3, -0.25) is 4.98 Å². The molecule has 0 aliphatic carbocycles. The van der Waals surface area contributed by atoms with Gasteiger partial charge in [0.25, 0.3) is 0 Å². The van der Waals surface area contributed by atoms with Crippen LogP contribution in [0.1, 0.15) is 24.2 Å². The molecule has 2 rings (SSSR count). The number of nitrogens with zero attached hydrogens (tertiary/aromatic N) is 1. The number of rotatable bonds is 4. The molecule has 1 heterocycles. The fourth-order valence-corrected chi connectivity index (χ4v) is 1.97. The third kappa shape index (κ3) is 3.78. The topological polar surface area (TPSA) is 24.9 Å². The zero-order valence-electron chi connectivity index (χ0n) is 9.73. The molecule has 0 spiro atoms. The Hall–Kier alpha value is -0.940. The molecule has 0 radical (unpaired) electrons. The van der Waals surface area contributed by atoms with Gasteiger partial charge in [0.1, 0.15) is 0 Å². The Morgan fingerprint density at radius 2 is 1.94 bits per heavy atom. The van der Waals surface area contributed by atoms with Crippen molar-refractivity contribution >= 4 is 22.6 Å². The van der Waals surface area contributed by atoms with Crippen LogP contribution in [0, 0.1) is 3.57 Å². The number of aromatic nitrogens is 1. The van der Waals surface area contributed by atoms with E-state index < -0.39 is 0 Å². The standard InChI is InChI=1S/C14H15IN2/c1-11(14-4-2-3-9-16-14)17-10-12-5-7-13(15)8-6-12/h2-9,11,17H,10H2,1H3. The number of hydrogen-bond donors (Lipinski definition) is 1. The average molecular weight is 338 g/mol. The molecule has 0 fully saturated rings. The molecule has 17 heavy (non-hydrogen) atoms. The Labute approximate surface area is 116 Å². The molecule has 1 unspecified atom stereocenters. The van der Waals surface area contributed by atoms with Gasteiger partial charge in [-0.2, -0.15) is 0 Å². The molecule has 0 amide bonds. The molecule has 0 saturated carbocycles. The number of nitrogens with one attached hydrogen (secondary N) is 1. The maximum atomic E-state index is 4.34. The molecule has 2 aromatic rings. The second-order valence-corrected chi connectivity index (χ2v) is 5.23. The first-order chi connectivity index (χ1) is 8.25. The summed E-state index contributed by atoms with van der Waals surface area (Å²) >= 11 is 2.32. The summed E-state index contributed by atoms with van der Waals surface area (Å²) in [5.41, 5.74) is 2.38. The van der Waals surface area contributed by atoms with Gasteiger partial charge in [-0.25, -0.2) is 0 Å². The van der Waals surface area contributed by atoms with Crippen LogP contribution in [-0.4, -0.2) is 4.98 Å². The van der Waals surface area contributed by atoms with E-state index in [1.165, 1.54) is 9.13 Å². The molecular formula is C14H15IN2. The fraction of sp³-hybridized carbons (Fsp3) is 0.214. The van der Waals surface area contributed by atoms with Gasteiger partial charge in [-0.05, 0) is 59.3 Å². The van der Waals surface area contributed by atoms with Crippen molar-refractivity contribution in [3.8, 4) is 0 Å². The van der Waals surface area contributed by atoms with Gasteiger partial charge in [-0.15, -0.1) is 0 Å². The van der Waals surface area contributed by atoms with E-state index in [0.717, 1.165) is 12.2 Å². The number of hydrogen-bond acceptors (Lipinski definition) is 2. The van der Waals surface area contributed by atoms with Crippen LogP contribution in [0.3, 0.4) is 0 Å².